The van der Waals surface area contributed by atoms with Crippen molar-refractivity contribution in [2.24, 2.45) is 0 Å². The maximum atomic E-state index is 11.7. The summed E-state index contributed by atoms with van der Waals surface area (Å²) in [7, 11) is 0. The van der Waals surface area contributed by atoms with Gasteiger partial charge < -0.3 is 20.9 Å². The molecule has 0 atom stereocenters. The molecule has 0 spiro atoms. The highest BCUT2D eigenvalue weighted by atomic mass is 16.2. The first-order valence-electron chi connectivity index (χ1n) is 8.02. The Bertz CT molecular complexity index is 575. The van der Waals surface area contributed by atoms with E-state index in [1.54, 1.807) is 0 Å². The number of amides is 3. The van der Waals surface area contributed by atoms with Crippen LogP contribution in [0.15, 0.2) is 24.3 Å². The van der Waals surface area contributed by atoms with E-state index in [0.717, 1.165) is 12.2 Å². The van der Waals surface area contributed by atoms with E-state index in [2.05, 4.69) is 46.8 Å². The van der Waals surface area contributed by atoms with Gasteiger partial charge in [-0.3, -0.25) is 14.4 Å². The van der Waals surface area contributed by atoms with Crippen LogP contribution >= 0.6 is 0 Å². The Kier molecular flexibility index (Phi) is 8.32. The molecule has 7 nitrogen and oxygen atoms in total. The lowest BCUT2D eigenvalue weighted by Gasteiger charge is -2.25. The number of hydrogen-bond donors (Lipinski definition) is 3. The summed E-state index contributed by atoms with van der Waals surface area (Å²) in [5.41, 5.74) is 2.34. The van der Waals surface area contributed by atoms with Gasteiger partial charge in [0.25, 0.3) is 0 Å². The molecule has 1 aromatic rings. The van der Waals surface area contributed by atoms with Gasteiger partial charge in [-0.25, -0.2) is 0 Å². The summed E-state index contributed by atoms with van der Waals surface area (Å²) in [6.45, 7) is 7.24. The second kappa shape index (κ2) is 10.3. The van der Waals surface area contributed by atoms with Crippen molar-refractivity contribution in [3.05, 3.63) is 29.8 Å². The molecule has 0 heterocycles. The molecular formula is C17H26N4O3. The van der Waals surface area contributed by atoms with Gasteiger partial charge in [-0.05, 0) is 25.5 Å². The van der Waals surface area contributed by atoms with Crippen LogP contribution in [-0.4, -0.2) is 50.4 Å². The van der Waals surface area contributed by atoms with E-state index in [9.17, 15) is 14.4 Å². The molecule has 0 radical (unpaired) electrons. The van der Waals surface area contributed by atoms with E-state index < -0.39 is 5.91 Å². The summed E-state index contributed by atoms with van der Waals surface area (Å²) >= 11 is 0. The van der Waals surface area contributed by atoms with Gasteiger partial charge in [0.1, 0.15) is 0 Å². The number of likely N-dealkylation sites (N-methyl/N-ethyl adjacent to an activating group) is 1. The Hall–Kier alpha value is -2.57. The molecule has 0 saturated carbocycles. The Balaban J connectivity index is 2.30. The second-order valence-electron chi connectivity index (χ2n) is 5.40. The number of hydrogen-bond acceptors (Lipinski definition) is 4. The van der Waals surface area contributed by atoms with Crippen LogP contribution in [0.3, 0.4) is 0 Å². The van der Waals surface area contributed by atoms with E-state index >= 15 is 0 Å². The average Bonchev–Trinajstić information content (AvgIpc) is 2.56. The predicted octanol–water partition coefficient (Wildman–Crippen LogP) is 0.190. The van der Waals surface area contributed by atoms with Gasteiger partial charge in [0, 0.05) is 32.2 Å². The van der Waals surface area contributed by atoms with E-state index in [4.69, 9.17) is 0 Å². The fourth-order valence-electron chi connectivity index (χ4n) is 2.21. The van der Waals surface area contributed by atoms with Crippen LogP contribution in [0.1, 0.15) is 19.4 Å². The molecule has 0 aromatic heterocycles. The standard InChI is InChI=1S/C17H26N4O3/c1-4-21(15-8-6-5-7-13(15)2)10-9-18-16(23)12-20-17(24)11-19-14(3)22/h5-8H,4,9-12H2,1-3H3,(H,18,23)(H,19,22)(H,20,24). The first kappa shape index (κ1) is 19.5. The normalized spacial score (nSPS) is 9.96. The third kappa shape index (κ3) is 7.13. The van der Waals surface area contributed by atoms with Gasteiger partial charge >= 0.3 is 0 Å². The SMILES string of the molecule is CCN(CCNC(=O)CNC(=O)CNC(C)=O)c1ccccc1C. The molecule has 24 heavy (non-hydrogen) atoms. The molecule has 1 rings (SSSR count). The molecule has 7 heteroatoms. The van der Waals surface area contributed by atoms with Crippen LogP contribution in [0.5, 0.6) is 0 Å². The van der Waals surface area contributed by atoms with Crippen LogP contribution in [0.2, 0.25) is 0 Å². The molecule has 132 valence electrons. The van der Waals surface area contributed by atoms with Crippen molar-refractivity contribution in [2.75, 3.05) is 37.6 Å². The Morgan fingerprint density at radius 2 is 1.62 bits per heavy atom. The van der Waals surface area contributed by atoms with Gasteiger partial charge in [-0.15, -0.1) is 0 Å². The lowest BCUT2D eigenvalue weighted by atomic mass is 10.2. The summed E-state index contributed by atoms with van der Waals surface area (Å²) in [5.74, 6) is -0.937. The van der Waals surface area contributed by atoms with Gasteiger partial charge in [0.15, 0.2) is 0 Å². The minimum absolute atomic E-state index is 0.102. The van der Waals surface area contributed by atoms with E-state index in [-0.39, 0.29) is 24.9 Å². The van der Waals surface area contributed by atoms with Crippen molar-refractivity contribution >= 4 is 23.4 Å². The van der Waals surface area contributed by atoms with Gasteiger partial charge in [0.2, 0.25) is 17.7 Å². The van der Waals surface area contributed by atoms with Crippen LogP contribution in [0.25, 0.3) is 0 Å². The zero-order valence-electron chi connectivity index (χ0n) is 14.5. The summed E-state index contributed by atoms with van der Waals surface area (Å²) in [5, 5.41) is 7.59. The molecule has 0 aliphatic heterocycles. The number of aryl methyl sites for hydroxylation is 1. The highest BCUT2D eigenvalue weighted by Crippen LogP contribution is 2.18. The van der Waals surface area contributed by atoms with Gasteiger partial charge in [-0.2, -0.15) is 0 Å². The molecule has 1 aromatic carbocycles. The van der Waals surface area contributed by atoms with Crippen molar-refractivity contribution in [3.8, 4) is 0 Å². The largest absolute Gasteiger partial charge is 0.370 e. The zero-order valence-corrected chi connectivity index (χ0v) is 14.5. The maximum Gasteiger partial charge on any atom is 0.239 e. The summed E-state index contributed by atoms with van der Waals surface area (Å²) in [6.07, 6.45) is 0. The first-order valence-corrected chi connectivity index (χ1v) is 8.02. The minimum atomic E-state index is -0.393. The number of rotatable bonds is 9. The smallest absolute Gasteiger partial charge is 0.239 e. The van der Waals surface area contributed by atoms with Crippen molar-refractivity contribution in [3.63, 3.8) is 0 Å². The molecule has 3 amide bonds. The lowest BCUT2D eigenvalue weighted by molar-refractivity contribution is -0.127. The number of para-hydroxylation sites is 1. The third-order valence-electron chi connectivity index (χ3n) is 3.49. The van der Waals surface area contributed by atoms with E-state index in [1.165, 1.54) is 12.5 Å². The molecule has 3 N–H and O–H groups in total. The average molecular weight is 334 g/mol. The maximum absolute atomic E-state index is 11.7. The van der Waals surface area contributed by atoms with E-state index in [0.29, 0.717) is 13.1 Å². The molecule has 0 aliphatic rings. The summed E-state index contributed by atoms with van der Waals surface area (Å²) < 4.78 is 0. The minimum Gasteiger partial charge on any atom is -0.370 e. The molecular weight excluding hydrogens is 308 g/mol. The number of carbonyl (C=O) groups is 3. The molecule has 0 saturated heterocycles. The second-order valence-corrected chi connectivity index (χ2v) is 5.40. The topological polar surface area (TPSA) is 90.5 Å². The quantitative estimate of drug-likeness (QED) is 0.601. The van der Waals surface area contributed by atoms with Crippen molar-refractivity contribution in [2.45, 2.75) is 20.8 Å². The Morgan fingerprint density at radius 3 is 2.25 bits per heavy atom. The number of carbonyl (C=O) groups excluding carboxylic acids is 3. The lowest BCUT2D eigenvalue weighted by Crippen LogP contribution is -2.43. The van der Waals surface area contributed by atoms with Crippen LogP contribution in [0, 0.1) is 6.92 Å². The number of nitrogens with zero attached hydrogens (tertiary/aromatic N) is 1. The first-order chi connectivity index (χ1) is 11.4. The van der Waals surface area contributed by atoms with Crippen LogP contribution in [-0.2, 0) is 14.4 Å². The van der Waals surface area contributed by atoms with Crippen molar-refractivity contribution < 1.29 is 14.4 Å². The highest BCUT2D eigenvalue weighted by molar-refractivity contribution is 5.87. The number of nitrogens with one attached hydrogen (secondary N) is 3. The molecule has 0 bridgehead atoms. The van der Waals surface area contributed by atoms with Gasteiger partial charge in [0.05, 0.1) is 13.1 Å². The fraction of sp³-hybridized carbons (Fsp3) is 0.471. The third-order valence-corrected chi connectivity index (χ3v) is 3.49. The summed E-state index contributed by atoms with van der Waals surface area (Å²) in [4.78, 5) is 36.0. The number of anilines is 1. The van der Waals surface area contributed by atoms with E-state index in [1.807, 2.05) is 12.1 Å². The number of benzene rings is 1. The van der Waals surface area contributed by atoms with Crippen LogP contribution < -0.4 is 20.9 Å². The fourth-order valence-corrected chi connectivity index (χ4v) is 2.21. The van der Waals surface area contributed by atoms with Crippen molar-refractivity contribution in [1.29, 1.82) is 0 Å². The zero-order chi connectivity index (χ0) is 17.9. The Morgan fingerprint density at radius 1 is 1.00 bits per heavy atom. The van der Waals surface area contributed by atoms with Crippen LogP contribution in [0.4, 0.5) is 5.69 Å². The van der Waals surface area contributed by atoms with Gasteiger partial charge in [-0.1, -0.05) is 18.2 Å². The monoisotopic (exact) mass is 334 g/mol. The predicted molar refractivity (Wildman–Crippen MR) is 93.8 cm³/mol. The summed E-state index contributed by atoms with van der Waals surface area (Å²) in [6, 6.07) is 8.11. The van der Waals surface area contributed by atoms with Crippen molar-refractivity contribution in [1.82, 2.24) is 16.0 Å². The Labute approximate surface area is 142 Å². The molecule has 0 fully saturated rings. The highest BCUT2D eigenvalue weighted by Gasteiger charge is 2.08. The molecule has 0 unspecified atom stereocenters. The molecule has 0 aliphatic carbocycles.